The number of carbonyl (C=O) groups is 2. The number of ether oxygens (including phenoxy) is 2. The Balaban J connectivity index is 3.47. The summed E-state index contributed by atoms with van der Waals surface area (Å²) < 4.78 is 8.74. The van der Waals surface area contributed by atoms with Crippen molar-refractivity contribution in [1.82, 2.24) is 0 Å². The smallest absolute Gasteiger partial charge is 0.293 e. The van der Waals surface area contributed by atoms with Crippen LogP contribution in [-0.2, 0) is 19.1 Å². The van der Waals surface area contributed by atoms with Crippen LogP contribution < -0.4 is 0 Å². The molecule has 12 heavy (non-hydrogen) atoms. The molecule has 0 aromatic heterocycles. The van der Waals surface area contributed by atoms with Crippen LogP contribution in [0.5, 0.6) is 0 Å². The van der Waals surface area contributed by atoms with Crippen LogP contribution in [0, 0.1) is 17.2 Å². The van der Waals surface area contributed by atoms with Gasteiger partial charge >= 0.3 is 0 Å². The summed E-state index contributed by atoms with van der Waals surface area (Å²) >= 11 is 0. The van der Waals surface area contributed by atoms with Gasteiger partial charge in [-0.15, -0.1) is 0 Å². The largest absolute Gasteiger partial charge is 0.468 e. The van der Waals surface area contributed by atoms with E-state index in [9.17, 15) is 9.59 Å². The Labute approximate surface area is 69.9 Å². The standard InChI is InChI=1S/C7H9NO4/c8-3-7(4-12-6-10)1-2-11-5-9/h5-7H,1-2,4H2. The van der Waals surface area contributed by atoms with E-state index >= 15 is 0 Å². The first-order valence-corrected chi connectivity index (χ1v) is 3.35. The molecule has 1 unspecified atom stereocenters. The van der Waals surface area contributed by atoms with Gasteiger partial charge in [-0.05, 0) is 0 Å². The highest BCUT2D eigenvalue weighted by Gasteiger charge is 2.07. The van der Waals surface area contributed by atoms with Gasteiger partial charge in [0, 0.05) is 6.42 Å². The Morgan fingerprint density at radius 2 is 2.00 bits per heavy atom. The second-order valence-electron chi connectivity index (χ2n) is 2.01. The second kappa shape index (κ2) is 7.54. The molecule has 0 aromatic rings. The molecule has 0 N–H and O–H groups in total. The van der Waals surface area contributed by atoms with Gasteiger partial charge in [-0.1, -0.05) is 0 Å². The van der Waals surface area contributed by atoms with Crippen LogP contribution in [0.4, 0.5) is 0 Å². The Bertz CT molecular complexity index is 175. The van der Waals surface area contributed by atoms with E-state index in [0.29, 0.717) is 12.9 Å². The normalized spacial score (nSPS) is 10.9. The summed E-state index contributed by atoms with van der Waals surface area (Å²) in [4.78, 5) is 19.4. The lowest BCUT2D eigenvalue weighted by Crippen LogP contribution is -2.09. The molecule has 5 nitrogen and oxygen atoms in total. The predicted octanol–water partition coefficient (Wildman–Crippen LogP) is -0.138. The summed E-state index contributed by atoms with van der Waals surface area (Å²) in [5.74, 6) is -0.407. The zero-order valence-corrected chi connectivity index (χ0v) is 6.43. The highest BCUT2D eigenvalue weighted by Crippen LogP contribution is 2.01. The number of nitrogens with zero attached hydrogens (tertiary/aromatic N) is 1. The molecule has 0 aliphatic carbocycles. The van der Waals surface area contributed by atoms with Crippen molar-refractivity contribution < 1.29 is 19.1 Å². The molecule has 0 aliphatic heterocycles. The van der Waals surface area contributed by atoms with Gasteiger partial charge < -0.3 is 9.47 Å². The van der Waals surface area contributed by atoms with Crippen molar-refractivity contribution in [1.29, 1.82) is 5.26 Å². The third-order valence-corrected chi connectivity index (χ3v) is 1.20. The average molecular weight is 171 g/mol. The molecule has 0 saturated carbocycles. The first kappa shape index (κ1) is 10.4. The fraction of sp³-hybridized carbons (Fsp3) is 0.571. The van der Waals surface area contributed by atoms with Crippen molar-refractivity contribution >= 4 is 12.9 Å². The fourth-order valence-corrected chi connectivity index (χ4v) is 0.599. The minimum absolute atomic E-state index is 0.0439. The predicted molar refractivity (Wildman–Crippen MR) is 37.8 cm³/mol. The van der Waals surface area contributed by atoms with Crippen LogP contribution in [0.3, 0.4) is 0 Å². The van der Waals surface area contributed by atoms with E-state index in [4.69, 9.17) is 5.26 Å². The van der Waals surface area contributed by atoms with Gasteiger partial charge in [0.1, 0.15) is 6.61 Å². The lowest BCUT2D eigenvalue weighted by atomic mass is 10.1. The second-order valence-corrected chi connectivity index (χ2v) is 2.01. The maximum atomic E-state index is 9.74. The minimum Gasteiger partial charge on any atom is -0.468 e. The summed E-state index contributed by atoms with van der Waals surface area (Å²) in [6, 6.07) is 1.92. The maximum Gasteiger partial charge on any atom is 0.293 e. The van der Waals surface area contributed by atoms with Crippen molar-refractivity contribution in [2.24, 2.45) is 5.92 Å². The summed E-state index contributed by atoms with van der Waals surface area (Å²) in [6.07, 6.45) is 0.378. The summed E-state index contributed by atoms with van der Waals surface area (Å²) in [5, 5.41) is 8.46. The van der Waals surface area contributed by atoms with E-state index in [1.807, 2.05) is 6.07 Å². The van der Waals surface area contributed by atoms with Crippen molar-refractivity contribution in [2.75, 3.05) is 13.2 Å². The van der Waals surface area contributed by atoms with Crippen LogP contribution in [0.25, 0.3) is 0 Å². The fourth-order valence-electron chi connectivity index (χ4n) is 0.599. The number of nitriles is 1. The molecule has 0 heterocycles. The third-order valence-electron chi connectivity index (χ3n) is 1.20. The van der Waals surface area contributed by atoms with E-state index in [1.165, 1.54) is 0 Å². The van der Waals surface area contributed by atoms with E-state index in [1.54, 1.807) is 0 Å². The topological polar surface area (TPSA) is 76.4 Å². The molecule has 0 saturated heterocycles. The lowest BCUT2D eigenvalue weighted by molar-refractivity contribution is -0.131. The molecule has 5 heteroatoms. The summed E-state index contributed by atoms with van der Waals surface area (Å²) in [7, 11) is 0. The Morgan fingerprint density at radius 3 is 2.50 bits per heavy atom. The molecule has 0 bridgehead atoms. The molecular formula is C7H9NO4. The van der Waals surface area contributed by atoms with Gasteiger partial charge in [-0.25, -0.2) is 0 Å². The summed E-state index contributed by atoms with van der Waals surface area (Å²) in [5.41, 5.74) is 0. The Kier molecular flexibility index (Phi) is 6.55. The number of hydrogen-bond acceptors (Lipinski definition) is 5. The van der Waals surface area contributed by atoms with Crippen molar-refractivity contribution in [2.45, 2.75) is 6.42 Å². The van der Waals surface area contributed by atoms with Gasteiger partial charge in [-0.2, -0.15) is 5.26 Å². The zero-order valence-electron chi connectivity index (χ0n) is 6.43. The number of rotatable bonds is 7. The highest BCUT2D eigenvalue weighted by molar-refractivity contribution is 5.37. The molecule has 0 radical (unpaired) electrons. The van der Waals surface area contributed by atoms with Crippen molar-refractivity contribution in [3.05, 3.63) is 0 Å². The first-order valence-electron chi connectivity index (χ1n) is 3.35. The lowest BCUT2D eigenvalue weighted by Gasteiger charge is -2.05. The van der Waals surface area contributed by atoms with E-state index < -0.39 is 5.92 Å². The van der Waals surface area contributed by atoms with E-state index in [0.717, 1.165) is 0 Å². The van der Waals surface area contributed by atoms with Crippen LogP contribution in [0.1, 0.15) is 6.42 Å². The average Bonchev–Trinajstić information content (AvgIpc) is 2.11. The van der Waals surface area contributed by atoms with Crippen molar-refractivity contribution in [3.63, 3.8) is 0 Å². The van der Waals surface area contributed by atoms with E-state index in [2.05, 4.69) is 9.47 Å². The molecule has 0 aliphatic rings. The zero-order chi connectivity index (χ0) is 9.23. The third kappa shape index (κ3) is 5.23. The van der Waals surface area contributed by atoms with Gasteiger partial charge in [0.2, 0.25) is 0 Å². The minimum atomic E-state index is -0.407. The highest BCUT2D eigenvalue weighted by atomic mass is 16.5. The van der Waals surface area contributed by atoms with Crippen LogP contribution in [0.2, 0.25) is 0 Å². The molecule has 66 valence electrons. The summed E-state index contributed by atoms with van der Waals surface area (Å²) in [6.45, 7) is 0.812. The molecular weight excluding hydrogens is 162 g/mol. The molecule has 1 atom stereocenters. The van der Waals surface area contributed by atoms with Gasteiger partial charge in [-0.3, -0.25) is 9.59 Å². The first-order chi connectivity index (χ1) is 5.85. The van der Waals surface area contributed by atoms with Crippen LogP contribution >= 0.6 is 0 Å². The van der Waals surface area contributed by atoms with Gasteiger partial charge in [0.25, 0.3) is 12.9 Å². The molecule has 0 rings (SSSR count). The van der Waals surface area contributed by atoms with Crippen LogP contribution in [-0.4, -0.2) is 26.2 Å². The van der Waals surface area contributed by atoms with Gasteiger partial charge in [0.15, 0.2) is 0 Å². The maximum absolute atomic E-state index is 9.74. The number of hydrogen-bond donors (Lipinski definition) is 0. The molecule has 0 aromatic carbocycles. The van der Waals surface area contributed by atoms with Gasteiger partial charge in [0.05, 0.1) is 18.6 Å². The van der Waals surface area contributed by atoms with Crippen molar-refractivity contribution in [3.8, 4) is 6.07 Å². The quantitative estimate of drug-likeness (QED) is 0.393. The molecule has 0 spiro atoms. The Morgan fingerprint density at radius 1 is 1.33 bits per heavy atom. The monoisotopic (exact) mass is 171 g/mol. The SMILES string of the molecule is N#CC(CCOC=O)COC=O. The molecule has 0 fully saturated rings. The van der Waals surface area contributed by atoms with E-state index in [-0.39, 0.29) is 19.7 Å². The van der Waals surface area contributed by atoms with Crippen LogP contribution in [0.15, 0.2) is 0 Å². The Hall–Kier alpha value is -1.57. The molecule has 0 amide bonds. The number of carbonyl (C=O) groups excluding carboxylic acids is 2.